The number of aromatic nitrogens is 1. The van der Waals surface area contributed by atoms with Crippen molar-refractivity contribution in [3.05, 3.63) is 47.0 Å². The molecular formula is C10H8BrNOS. The van der Waals surface area contributed by atoms with Crippen molar-refractivity contribution < 1.29 is 4.42 Å². The molecule has 0 atom stereocenters. The summed E-state index contributed by atoms with van der Waals surface area (Å²) in [6.07, 6.45) is 3.47. The molecule has 2 aromatic rings. The van der Waals surface area contributed by atoms with E-state index in [0.29, 0.717) is 0 Å². The van der Waals surface area contributed by atoms with Gasteiger partial charge in [0.1, 0.15) is 5.76 Å². The normalized spacial score (nSPS) is 10.4. The summed E-state index contributed by atoms with van der Waals surface area (Å²) in [5, 5.41) is 1.01. The van der Waals surface area contributed by atoms with Crippen LogP contribution in [0.5, 0.6) is 0 Å². The maximum atomic E-state index is 5.29. The third-order valence-corrected chi connectivity index (χ3v) is 3.33. The van der Waals surface area contributed by atoms with Gasteiger partial charge in [-0.05, 0) is 34.1 Å². The second-order valence-electron chi connectivity index (χ2n) is 2.65. The standard InChI is InChI=1S/C10H8BrNOS/c11-8-4-6-13-9(8)7-14-10-3-1-2-5-12-10/h1-6H,7H2. The van der Waals surface area contributed by atoms with Gasteiger partial charge >= 0.3 is 0 Å². The fourth-order valence-corrected chi connectivity index (χ4v) is 2.34. The second kappa shape index (κ2) is 4.66. The third kappa shape index (κ3) is 2.39. The maximum absolute atomic E-state index is 5.29. The summed E-state index contributed by atoms with van der Waals surface area (Å²) in [6.45, 7) is 0. The molecule has 2 heterocycles. The van der Waals surface area contributed by atoms with Gasteiger partial charge in [-0.3, -0.25) is 0 Å². The fourth-order valence-electron chi connectivity index (χ4n) is 1.00. The molecule has 4 heteroatoms. The average molecular weight is 270 g/mol. The summed E-state index contributed by atoms with van der Waals surface area (Å²) in [5.41, 5.74) is 0. The molecule has 2 nitrogen and oxygen atoms in total. The molecule has 0 saturated carbocycles. The van der Waals surface area contributed by atoms with E-state index in [1.807, 2.05) is 24.3 Å². The van der Waals surface area contributed by atoms with Crippen molar-refractivity contribution in [2.24, 2.45) is 0 Å². The predicted molar refractivity (Wildman–Crippen MR) is 60.2 cm³/mol. The Morgan fingerprint density at radius 2 is 2.29 bits per heavy atom. The lowest BCUT2D eigenvalue weighted by molar-refractivity contribution is 0.528. The summed E-state index contributed by atoms with van der Waals surface area (Å²) in [5.74, 6) is 1.74. The number of rotatable bonds is 3. The number of hydrogen-bond donors (Lipinski definition) is 0. The molecule has 0 aliphatic rings. The molecule has 0 amide bonds. The molecule has 0 radical (unpaired) electrons. The Hall–Kier alpha value is -0.740. The number of hydrogen-bond acceptors (Lipinski definition) is 3. The molecule has 0 fully saturated rings. The number of nitrogens with zero attached hydrogens (tertiary/aromatic N) is 1. The van der Waals surface area contributed by atoms with E-state index in [9.17, 15) is 0 Å². The lowest BCUT2D eigenvalue weighted by Gasteiger charge is -1.97. The smallest absolute Gasteiger partial charge is 0.128 e. The first-order valence-electron chi connectivity index (χ1n) is 4.12. The zero-order chi connectivity index (χ0) is 9.80. The molecule has 0 aromatic carbocycles. The van der Waals surface area contributed by atoms with Crippen LogP contribution in [0.15, 0.2) is 50.6 Å². The monoisotopic (exact) mass is 269 g/mol. The van der Waals surface area contributed by atoms with Crippen molar-refractivity contribution in [1.29, 1.82) is 0 Å². The SMILES string of the molecule is Brc1ccoc1CSc1ccccn1. The van der Waals surface area contributed by atoms with E-state index in [2.05, 4.69) is 20.9 Å². The van der Waals surface area contributed by atoms with Crippen LogP contribution in [0, 0.1) is 0 Å². The van der Waals surface area contributed by atoms with Crippen molar-refractivity contribution in [2.75, 3.05) is 0 Å². The summed E-state index contributed by atoms with van der Waals surface area (Å²) in [4.78, 5) is 4.21. The summed E-state index contributed by atoms with van der Waals surface area (Å²) in [6, 6.07) is 7.77. The highest BCUT2D eigenvalue weighted by atomic mass is 79.9. The topological polar surface area (TPSA) is 26.0 Å². The molecule has 14 heavy (non-hydrogen) atoms. The molecule has 0 bridgehead atoms. The lowest BCUT2D eigenvalue weighted by Crippen LogP contribution is -1.80. The van der Waals surface area contributed by atoms with Gasteiger partial charge in [0, 0.05) is 6.20 Å². The van der Waals surface area contributed by atoms with Gasteiger partial charge in [0.15, 0.2) is 0 Å². The first kappa shape index (κ1) is 9.80. The second-order valence-corrected chi connectivity index (χ2v) is 4.50. The highest BCUT2D eigenvalue weighted by molar-refractivity contribution is 9.10. The molecule has 0 spiro atoms. The van der Waals surface area contributed by atoms with E-state index in [-0.39, 0.29) is 0 Å². The van der Waals surface area contributed by atoms with Gasteiger partial charge in [-0.25, -0.2) is 4.98 Å². The molecule has 0 unspecified atom stereocenters. The van der Waals surface area contributed by atoms with Gasteiger partial charge in [-0.1, -0.05) is 17.8 Å². The molecule has 2 aromatic heterocycles. The highest BCUT2D eigenvalue weighted by Gasteiger charge is 2.03. The largest absolute Gasteiger partial charge is 0.467 e. The Kier molecular flexibility index (Phi) is 3.26. The van der Waals surface area contributed by atoms with Gasteiger partial charge in [-0.2, -0.15) is 0 Å². The van der Waals surface area contributed by atoms with Gasteiger partial charge < -0.3 is 4.42 Å². The van der Waals surface area contributed by atoms with Crippen molar-refractivity contribution in [2.45, 2.75) is 10.8 Å². The molecule has 72 valence electrons. The van der Waals surface area contributed by atoms with E-state index in [4.69, 9.17) is 4.42 Å². The molecule has 0 saturated heterocycles. The quantitative estimate of drug-likeness (QED) is 0.795. The van der Waals surface area contributed by atoms with E-state index in [1.165, 1.54) is 0 Å². The number of furan rings is 1. The molecule has 0 aliphatic heterocycles. The van der Waals surface area contributed by atoms with Crippen LogP contribution in [0.25, 0.3) is 0 Å². The zero-order valence-electron chi connectivity index (χ0n) is 7.31. The van der Waals surface area contributed by atoms with Crippen LogP contribution in [0.4, 0.5) is 0 Å². The average Bonchev–Trinajstić information content (AvgIpc) is 2.63. The Morgan fingerprint density at radius 3 is 2.93 bits per heavy atom. The van der Waals surface area contributed by atoms with Gasteiger partial charge in [0.2, 0.25) is 0 Å². The Morgan fingerprint density at radius 1 is 1.36 bits per heavy atom. The fraction of sp³-hybridized carbons (Fsp3) is 0.100. The van der Waals surface area contributed by atoms with Crippen LogP contribution >= 0.6 is 27.7 Å². The van der Waals surface area contributed by atoms with Crippen LogP contribution < -0.4 is 0 Å². The van der Waals surface area contributed by atoms with E-state index >= 15 is 0 Å². The number of thioether (sulfide) groups is 1. The number of halogens is 1. The van der Waals surface area contributed by atoms with E-state index in [1.54, 1.807) is 24.2 Å². The third-order valence-electron chi connectivity index (χ3n) is 1.68. The van der Waals surface area contributed by atoms with Crippen LogP contribution in [0.1, 0.15) is 5.76 Å². The molecule has 0 N–H and O–H groups in total. The van der Waals surface area contributed by atoms with Crippen LogP contribution in [-0.2, 0) is 5.75 Å². The molecular weight excluding hydrogens is 262 g/mol. The zero-order valence-corrected chi connectivity index (χ0v) is 9.72. The van der Waals surface area contributed by atoms with E-state index < -0.39 is 0 Å². The first-order valence-corrected chi connectivity index (χ1v) is 5.90. The minimum Gasteiger partial charge on any atom is -0.467 e. The Bertz CT molecular complexity index is 402. The highest BCUT2D eigenvalue weighted by Crippen LogP contribution is 2.25. The summed E-state index contributed by atoms with van der Waals surface area (Å²) in [7, 11) is 0. The summed E-state index contributed by atoms with van der Waals surface area (Å²) >= 11 is 5.07. The van der Waals surface area contributed by atoms with Crippen LogP contribution in [-0.4, -0.2) is 4.98 Å². The minimum absolute atomic E-state index is 0.796. The van der Waals surface area contributed by atoms with Crippen molar-refractivity contribution >= 4 is 27.7 Å². The Balaban J connectivity index is 1.99. The van der Waals surface area contributed by atoms with Crippen molar-refractivity contribution in [1.82, 2.24) is 4.98 Å². The predicted octanol–water partition coefficient (Wildman–Crippen LogP) is 3.73. The van der Waals surface area contributed by atoms with Crippen LogP contribution in [0.3, 0.4) is 0 Å². The van der Waals surface area contributed by atoms with Crippen LogP contribution in [0.2, 0.25) is 0 Å². The van der Waals surface area contributed by atoms with Gasteiger partial charge in [0.25, 0.3) is 0 Å². The maximum Gasteiger partial charge on any atom is 0.128 e. The number of pyridine rings is 1. The lowest BCUT2D eigenvalue weighted by atomic mass is 10.5. The minimum atomic E-state index is 0.796. The van der Waals surface area contributed by atoms with E-state index in [0.717, 1.165) is 21.0 Å². The van der Waals surface area contributed by atoms with Crippen molar-refractivity contribution in [3.8, 4) is 0 Å². The van der Waals surface area contributed by atoms with Crippen molar-refractivity contribution in [3.63, 3.8) is 0 Å². The molecule has 0 aliphatic carbocycles. The summed E-state index contributed by atoms with van der Waals surface area (Å²) < 4.78 is 6.31. The molecule has 2 rings (SSSR count). The Labute approximate surface area is 94.9 Å². The van der Waals surface area contributed by atoms with Gasteiger partial charge in [-0.15, -0.1) is 0 Å². The first-order chi connectivity index (χ1) is 6.86. The van der Waals surface area contributed by atoms with Gasteiger partial charge in [0.05, 0.1) is 21.5 Å².